The number of hydrogen-bond acceptors (Lipinski definition) is 3. The number of hydrogen-bond donors (Lipinski definition) is 1. The molecule has 0 bridgehead atoms. The lowest BCUT2D eigenvalue weighted by Crippen LogP contribution is -2.45. The van der Waals surface area contributed by atoms with E-state index in [1.54, 1.807) is 0 Å². The zero-order chi connectivity index (χ0) is 16.1. The summed E-state index contributed by atoms with van der Waals surface area (Å²) >= 11 is 0. The van der Waals surface area contributed by atoms with Crippen LogP contribution in [0.1, 0.15) is 29.7 Å². The Kier molecular flexibility index (Phi) is 5.31. The van der Waals surface area contributed by atoms with Gasteiger partial charge < -0.3 is 10.1 Å². The molecule has 0 aromatic heterocycles. The Balaban J connectivity index is 2.04. The zero-order valence-electron chi connectivity index (χ0n) is 14.1. The van der Waals surface area contributed by atoms with E-state index < -0.39 is 0 Å². The second-order valence-corrected chi connectivity index (χ2v) is 6.07. The SMILES string of the molecule is CCOc1ccccc1C(c1cccc(C)c1)N1CCNCC1. The molecule has 3 rings (SSSR count). The van der Waals surface area contributed by atoms with Crippen molar-refractivity contribution in [2.75, 3.05) is 32.8 Å². The van der Waals surface area contributed by atoms with Gasteiger partial charge in [0.15, 0.2) is 0 Å². The number of nitrogens with zero attached hydrogens (tertiary/aromatic N) is 1. The maximum Gasteiger partial charge on any atom is 0.124 e. The van der Waals surface area contributed by atoms with Gasteiger partial charge in [-0.1, -0.05) is 48.0 Å². The van der Waals surface area contributed by atoms with E-state index in [2.05, 4.69) is 65.7 Å². The van der Waals surface area contributed by atoms with E-state index in [1.165, 1.54) is 16.7 Å². The Morgan fingerprint density at radius 2 is 1.87 bits per heavy atom. The molecule has 1 unspecified atom stereocenters. The van der Waals surface area contributed by atoms with Crippen LogP contribution in [-0.2, 0) is 0 Å². The van der Waals surface area contributed by atoms with Crippen LogP contribution in [0.3, 0.4) is 0 Å². The number of aryl methyl sites for hydroxylation is 1. The van der Waals surface area contributed by atoms with Gasteiger partial charge in [0.25, 0.3) is 0 Å². The van der Waals surface area contributed by atoms with Gasteiger partial charge in [-0.15, -0.1) is 0 Å². The Hall–Kier alpha value is -1.84. The van der Waals surface area contributed by atoms with Gasteiger partial charge in [-0.25, -0.2) is 0 Å². The highest BCUT2D eigenvalue weighted by Crippen LogP contribution is 2.35. The molecular weight excluding hydrogens is 284 g/mol. The molecule has 1 aliphatic rings. The fourth-order valence-corrected chi connectivity index (χ4v) is 3.36. The van der Waals surface area contributed by atoms with E-state index in [0.717, 1.165) is 31.9 Å². The fourth-order valence-electron chi connectivity index (χ4n) is 3.36. The molecule has 23 heavy (non-hydrogen) atoms. The standard InChI is InChI=1S/C20H26N2O/c1-3-23-19-10-5-4-9-18(19)20(22-13-11-21-12-14-22)17-8-6-7-16(2)15-17/h4-10,15,20-21H,3,11-14H2,1-2H3. The third-order valence-corrected chi connectivity index (χ3v) is 4.39. The fraction of sp³-hybridized carbons (Fsp3) is 0.400. The van der Waals surface area contributed by atoms with Crippen molar-refractivity contribution in [2.45, 2.75) is 19.9 Å². The van der Waals surface area contributed by atoms with Crippen molar-refractivity contribution in [3.63, 3.8) is 0 Å². The Morgan fingerprint density at radius 3 is 2.61 bits per heavy atom. The summed E-state index contributed by atoms with van der Waals surface area (Å²) in [5.41, 5.74) is 3.91. The van der Waals surface area contributed by atoms with Crippen molar-refractivity contribution < 1.29 is 4.74 Å². The number of benzene rings is 2. The molecule has 2 aromatic carbocycles. The topological polar surface area (TPSA) is 24.5 Å². The van der Waals surface area contributed by atoms with Gasteiger partial charge in [0.1, 0.15) is 5.75 Å². The molecule has 1 heterocycles. The Bertz CT molecular complexity index is 635. The molecule has 1 atom stereocenters. The van der Waals surface area contributed by atoms with Gasteiger partial charge in [-0.2, -0.15) is 0 Å². The second kappa shape index (κ2) is 7.62. The number of piperazine rings is 1. The third-order valence-electron chi connectivity index (χ3n) is 4.39. The van der Waals surface area contributed by atoms with E-state index in [9.17, 15) is 0 Å². The highest BCUT2D eigenvalue weighted by Gasteiger charge is 2.26. The lowest BCUT2D eigenvalue weighted by molar-refractivity contribution is 0.194. The van der Waals surface area contributed by atoms with Crippen molar-refractivity contribution in [1.29, 1.82) is 0 Å². The van der Waals surface area contributed by atoms with Gasteiger partial charge in [0, 0.05) is 31.7 Å². The van der Waals surface area contributed by atoms with Gasteiger partial charge >= 0.3 is 0 Å². The first-order valence-electron chi connectivity index (χ1n) is 8.52. The average molecular weight is 310 g/mol. The molecule has 2 aromatic rings. The van der Waals surface area contributed by atoms with Crippen LogP contribution in [0, 0.1) is 6.92 Å². The van der Waals surface area contributed by atoms with Gasteiger partial charge in [0.2, 0.25) is 0 Å². The van der Waals surface area contributed by atoms with E-state index in [4.69, 9.17) is 4.74 Å². The first-order valence-corrected chi connectivity index (χ1v) is 8.52. The molecular formula is C20H26N2O. The molecule has 1 fully saturated rings. The summed E-state index contributed by atoms with van der Waals surface area (Å²) in [6, 6.07) is 17.6. The summed E-state index contributed by atoms with van der Waals surface area (Å²) in [6.07, 6.45) is 0. The molecule has 0 spiro atoms. The molecule has 122 valence electrons. The summed E-state index contributed by atoms with van der Waals surface area (Å²) in [5.74, 6) is 1.00. The third kappa shape index (κ3) is 3.74. The van der Waals surface area contributed by atoms with Crippen LogP contribution in [0.25, 0.3) is 0 Å². The van der Waals surface area contributed by atoms with Crippen molar-refractivity contribution in [3.05, 3.63) is 65.2 Å². The summed E-state index contributed by atoms with van der Waals surface area (Å²) < 4.78 is 5.92. The normalized spacial score (nSPS) is 17.0. The van der Waals surface area contributed by atoms with E-state index in [0.29, 0.717) is 6.61 Å². The monoisotopic (exact) mass is 310 g/mol. The minimum Gasteiger partial charge on any atom is -0.494 e. The molecule has 0 aliphatic carbocycles. The smallest absolute Gasteiger partial charge is 0.124 e. The minimum atomic E-state index is 0.250. The highest BCUT2D eigenvalue weighted by molar-refractivity contribution is 5.42. The van der Waals surface area contributed by atoms with Gasteiger partial charge in [-0.3, -0.25) is 4.90 Å². The lowest BCUT2D eigenvalue weighted by atomic mass is 9.94. The average Bonchev–Trinajstić information content (AvgIpc) is 2.58. The Morgan fingerprint density at radius 1 is 1.09 bits per heavy atom. The van der Waals surface area contributed by atoms with E-state index >= 15 is 0 Å². The molecule has 1 aliphatic heterocycles. The molecule has 1 saturated heterocycles. The van der Waals surface area contributed by atoms with Crippen molar-refractivity contribution in [3.8, 4) is 5.75 Å². The molecule has 3 heteroatoms. The highest BCUT2D eigenvalue weighted by atomic mass is 16.5. The first-order chi connectivity index (χ1) is 11.3. The van der Waals surface area contributed by atoms with E-state index in [-0.39, 0.29) is 6.04 Å². The van der Waals surface area contributed by atoms with Crippen LogP contribution in [0.2, 0.25) is 0 Å². The first kappa shape index (κ1) is 16.0. The van der Waals surface area contributed by atoms with Crippen molar-refractivity contribution in [1.82, 2.24) is 10.2 Å². The Labute approximate surface area is 139 Å². The van der Waals surface area contributed by atoms with Crippen LogP contribution in [0.5, 0.6) is 5.75 Å². The predicted molar refractivity (Wildman–Crippen MR) is 95.1 cm³/mol. The molecule has 1 N–H and O–H groups in total. The summed E-state index contributed by atoms with van der Waals surface area (Å²) in [4.78, 5) is 2.56. The number of rotatable bonds is 5. The lowest BCUT2D eigenvalue weighted by Gasteiger charge is -2.36. The second-order valence-electron chi connectivity index (χ2n) is 6.07. The summed E-state index contributed by atoms with van der Waals surface area (Å²) in [6.45, 7) is 9.09. The predicted octanol–water partition coefficient (Wildman–Crippen LogP) is 3.39. The molecule has 0 radical (unpaired) electrons. The van der Waals surface area contributed by atoms with Crippen LogP contribution in [0.4, 0.5) is 0 Å². The van der Waals surface area contributed by atoms with Crippen molar-refractivity contribution >= 4 is 0 Å². The molecule has 0 saturated carbocycles. The zero-order valence-corrected chi connectivity index (χ0v) is 14.1. The van der Waals surface area contributed by atoms with Gasteiger partial charge in [0.05, 0.1) is 12.6 Å². The summed E-state index contributed by atoms with van der Waals surface area (Å²) in [7, 11) is 0. The minimum absolute atomic E-state index is 0.250. The molecule has 0 amide bonds. The largest absolute Gasteiger partial charge is 0.494 e. The van der Waals surface area contributed by atoms with Crippen LogP contribution < -0.4 is 10.1 Å². The number of para-hydroxylation sites is 1. The summed E-state index contributed by atoms with van der Waals surface area (Å²) in [5, 5.41) is 3.45. The van der Waals surface area contributed by atoms with Crippen LogP contribution >= 0.6 is 0 Å². The van der Waals surface area contributed by atoms with Crippen LogP contribution in [0.15, 0.2) is 48.5 Å². The number of ether oxygens (including phenoxy) is 1. The van der Waals surface area contributed by atoms with Crippen LogP contribution in [-0.4, -0.2) is 37.7 Å². The quantitative estimate of drug-likeness (QED) is 0.916. The van der Waals surface area contributed by atoms with Crippen molar-refractivity contribution in [2.24, 2.45) is 0 Å². The number of nitrogens with one attached hydrogen (secondary N) is 1. The van der Waals surface area contributed by atoms with Gasteiger partial charge in [-0.05, 0) is 25.5 Å². The maximum absolute atomic E-state index is 5.92. The van der Waals surface area contributed by atoms with E-state index in [1.807, 2.05) is 6.92 Å². The molecule has 3 nitrogen and oxygen atoms in total. The maximum atomic E-state index is 5.92.